The molecule has 0 bridgehead atoms. The second-order valence-corrected chi connectivity index (χ2v) is 9.79. The number of likely N-dealkylation sites (tertiary alicyclic amines) is 1. The van der Waals surface area contributed by atoms with Crippen molar-refractivity contribution in [2.24, 2.45) is 0 Å². The minimum Gasteiger partial charge on any atom is -0.339 e. The Balaban J connectivity index is 1.82. The third-order valence-electron chi connectivity index (χ3n) is 6.07. The second kappa shape index (κ2) is 10.0. The quantitative estimate of drug-likeness (QED) is 0.681. The lowest BCUT2D eigenvalue weighted by atomic mass is 10.2. The summed E-state index contributed by atoms with van der Waals surface area (Å²) in [6.07, 6.45) is 2.90. The number of benzene rings is 1. The number of carbonyl (C=O) groups is 1. The third-order valence-corrected chi connectivity index (χ3v) is 7.90. The molecule has 162 valence electrons. The van der Waals surface area contributed by atoms with Crippen LogP contribution < -0.4 is 5.32 Å². The van der Waals surface area contributed by atoms with Gasteiger partial charge >= 0.3 is 0 Å². The molecule has 0 spiro atoms. The minimum atomic E-state index is -3.74. The number of hydrogen-bond acceptors (Lipinski definition) is 5. The van der Waals surface area contributed by atoms with Gasteiger partial charge in [-0.05, 0) is 50.0 Å². The van der Waals surface area contributed by atoms with E-state index in [1.165, 1.54) is 4.31 Å². The Hall–Kier alpha value is -1.48. The highest BCUT2D eigenvalue weighted by molar-refractivity contribution is 7.89. The number of rotatable bonds is 8. The van der Waals surface area contributed by atoms with Crippen LogP contribution in [0.4, 0.5) is 0 Å². The predicted molar refractivity (Wildman–Crippen MR) is 114 cm³/mol. The van der Waals surface area contributed by atoms with E-state index in [2.05, 4.69) is 17.1 Å². The van der Waals surface area contributed by atoms with Crippen molar-refractivity contribution in [1.82, 2.24) is 19.4 Å². The number of carbonyl (C=O) groups excluding carboxylic acids is 1. The predicted octanol–water partition coefficient (Wildman–Crippen LogP) is 1.16. The van der Waals surface area contributed by atoms with Crippen molar-refractivity contribution in [2.75, 3.05) is 52.4 Å². The summed E-state index contributed by atoms with van der Waals surface area (Å²) in [7, 11) is -3.74. The van der Waals surface area contributed by atoms with E-state index in [1.807, 2.05) is 19.1 Å². The summed E-state index contributed by atoms with van der Waals surface area (Å²) < 4.78 is 28.3. The SMILES string of the molecule is CCc1ccc(S(=O)(=O)N(CC(=O)N2CCNCC2)CC2CCCN2CC)cc1. The van der Waals surface area contributed by atoms with Gasteiger partial charge in [0.2, 0.25) is 15.9 Å². The van der Waals surface area contributed by atoms with Gasteiger partial charge in [-0.25, -0.2) is 8.42 Å². The number of likely N-dealkylation sites (N-methyl/N-ethyl adjacent to an activating group) is 1. The molecule has 29 heavy (non-hydrogen) atoms. The van der Waals surface area contributed by atoms with Crippen molar-refractivity contribution in [3.8, 4) is 0 Å². The van der Waals surface area contributed by atoms with Gasteiger partial charge in [-0.3, -0.25) is 9.69 Å². The summed E-state index contributed by atoms with van der Waals surface area (Å²) in [5.41, 5.74) is 1.10. The molecule has 2 aliphatic heterocycles. The van der Waals surface area contributed by atoms with E-state index in [4.69, 9.17) is 0 Å². The van der Waals surface area contributed by atoms with E-state index >= 15 is 0 Å². The minimum absolute atomic E-state index is 0.0914. The van der Waals surface area contributed by atoms with Crippen LogP contribution in [0.5, 0.6) is 0 Å². The molecule has 1 aromatic rings. The van der Waals surface area contributed by atoms with Gasteiger partial charge in [0, 0.05) is 38.8 Å². The van der Waals surface area contributed by atoms with Crippen LogP contribution in [-0.2, 0) is 21.2 Å². The zero-order valence-electron chi connectivity index (χ0n) is 17.6. The van der Waals surface area contributed by atoms with Crippen LogP contribution in [0.1, 0.15) is 32.3 Å². The van der Waals surface area contributed by atoms with Crippen LogP contribution in [0.15, 0.2) is 29.2 Å². The van der Waals surface area contributed by atoms with Gasteiger partial charge in [-0.1, -0.05) is 26.0 Å². The zero-order chi connectivity index (χ0) is 20.9. The lowest BCUT2D eigenvalue weighted by molar-refractivity contribution is -0.132. The highest BCUT2D eigenvalue weighted by Crippen LogP contribution is 2.23. The molecule has 0 aromatic heterocycles. The van der Waals surface area contributed by atoms with E-state index in [0.717, 1.165) is 51.0 Å². The van der Waals surface area contributed by atoms with Gasteiger partial charge in [-0.2, -0.15) is 4.31 Å². The number of piperazine rings is 1. The molecule has 7 nitrogen and oxygen atoms in total. The summed E-state index contributed by atoms with van der Waals surface area (Å²) in [5.74, 6) is -0.110. The Morgan fingerprint density at radius 2 is 1.83 bits per heavy atom. The molecular weight excluding hydrogens is 388 g/mol. The normalized spacial score (nSPS) is 21.1. The molecule has 0 radical (unpaired) electrons. The number of nitrogens with one attached hydrogen (secondary N) is 1. The molecule has 1 N–H and O–H groups in total. The Labute approximate surface area is 175 Å². The lowest BCUT2D eigenvalue weighted by Crippen LogP contribution is -2.52. The highest BCUT2D eigenvalue weighted by atomic mass is 32.2. The van der Waals surface area contributed by atoms with E-state index < -0.39 is 10.0 Å². The molecule has 2 fully saturated rings. The zero-order valence-corrected chi connectivity index (χ0v) is 18.5. The number of amides is 1. The van der Waals surface area contributed by atoms with Crippen LogP contribution in [-0.4, -0.2) is 86.8 Å². The number of sulfonamides is 1. The van der Waals surface area contributed by atoms with Crippen LogP contribution in [0.3, 0.4) is 0 Å². The second-order valence-electron chi connectivity index (χ2n) is 7.85. The fourth-order valence-corrected chi connectivity index (χ4v) is 5.64. The monoisotopic (exact) mass is 422 g/mol. The molecule has 0 saturated carbocycles. The summed E-state index contributed by atoms with van der Waals surface area (Å²) >= 11 is 0. The van der Waals surface area contributed by atoms with Gasteiger partial charge < -0.3 is 10.2 Å². The molecule has 1 atom stereocenters. The van der Waals surface area contributed by atoms with Crippen molar-refractivity contribution < 1.29 is 13.2 Å². The van der Waals surface area contributed by atoms with Crippen LogP contribution in [0, 0.1) is 0 Å². The Morgan fingerprint density at radius 1 is 1.14 bits per heavy atom. The largest absolute Gasteiger partial charge is 0.339 e. The molecular formula is C21H34N4O3S. The standard InChI is InChI=1S/C21H34N4O3S/c1-3-18-7-9-20(10-8-18)29(27,28)25(16-19-6-5-13-23(19)4-2)17-21(26)24-14-11-22-12-15-24/h7-10,19,22H,3-6,11-17H2,1-2H3. The highest BCUT2D eigenvalue weighted by Gasteiger charge is 2.34. The topological polar surface area (TPSA) is 73.0 Å². The van der Waals surface area contributed by atoms with Gasteiger partial charge in [0.15, 0.2) is 0 Å². The first kappa shape index (κ1) is 22.2. The lowest BCUT2D eigenvalue weighted by Gasteiger charge is -2.32. The summed E-state index contributed by atoms with van der Waals surface area (Å²) in [6.45, 7) is 9.07. The summed E-state index contributed by atoms with van der Waals surface area (Å²) in [5, 5.41) is 3.23. The molecule has 0 aliphatic carbocycles. The fourth-order valence-electron chi connectivity index (χ4n) is 4.21. The van der Waals surface area contributed by atoms with E-state index in [1.54, 1.807) is 17.0 Å². The van der Waals surface area contributed by atoms with E-state index in [0.29, 0.717) is 19.6 Å². The Morgan fingerprint density at radius 3 is 2.45 bits per heavy atom. The summed E-state index contributed by atoms with van der Waals surface area (Å²) in [6, 6.07) is 7.22. The maximum atomic E-state index is 13.5. The molecule has 2 saturated heterocycles. The average molecular weight is 423 g/mol. The number of hydrogen-bond donors (Lipinski definition) is 1. The molecule has 2 aliphatic rings. The first-order valence-corrected chi connectivity index (χ1v) is 12.2. The first-order valence-electron chi connectivity index (χ1n) is 10.8. The molecule has 1 aromatic carbocycles. The first-order chi connectivity index (χ1) is 14.0. The smallest absolute Gasteiger partial charge is 0.243 e. The van der Waals surface area contributed by atoms with Gasteiger partial charge in [0.25, 0.3) is 0 Å². The summed E-state index contributed by atoms with van der Waals surface area (Å²) in [4.78, 5) is 17.2. The van der Waals surface area contributed by atoms with Crippen molar-refractivity contribution in [3.05, 3.63) is 29.8 Å². The van der Waals surface area contributed by atoms with Crippen molar-refractivity contribution in [3.63, 3.8) is 0 Å². The molecule has 2 heterocycles. The van der Waals surface area contributed by atoms with E-state index in [9.17, 15) is 13.2 Å². The molecule has 3 rings (SSSR count). The Kier molecular flexibility index (Phi) is 7.67. The van der Waals surface area contributed by atoms with E-state index in [-0.39, 0.29) is 23.4 Å². The van der Waals surface area contributed by atoms with Crippen molar-refractivity contribution in [2.45, 2.75) is 44.0 Å². The molecule has 8 heteroatoms. The van der Waals surface area contributed by atoms with Gasteiger partial charge in [0.05, 0.1) is 11.4 Å². The average Bonchev–Trinajstić information content (AvgIpc) is 3.21. The van der Waals surface area contributed by atoms with Crippen LogP contribution in [0.2, 0.25) is 0 Å². The maximum Gasteiger partial charge on any atom is 0.243 e. The van der Waals surface area contributed by atoms with Crippen molar-refractivity contribution >= 4 is 15.9 Å². The fraction of sp³-hybridized carbons (Fsp3) is 0.667. The molecule has 1 amide bonds. The molecule has 1 unspecified atom stereocenters. The number of nitrogens with zero attached hydrogens (tertiary/aromatic N) is 3. The maximum absolute atomic E-state index is 13.5. The Bertz CT molecular complexity index is 776. The number of aryl methyl sites for hydroxylation is 1. The third kappa shape index (κ3) is 5.36. The van der Waals surface area contributed by atoms with Crippen LogP contribution in [0.25, 0.3) is 0 Å². The van der Waals surface area contributed by atoms with Crippen LogP contribution >= 0.6 is 0 Å². The van der Waals surface area contributed by atoms with Gasteiger partial charge in [0.1, 0.15) is 0 Å². The van der Waals surface area contributed by atoms with Gasteiger partial charge in [-0.15, -0.1) is 0 Å². The van der Waals surface area contributed by atoms with Crippen molar-refractivity contribution in [1.29, 1.82) is 0 Å².